The second kappa shape index (κ2) is 5.58. The van der Waals surface area contributed by atoms with Gasteiger partial charge in [-0.25, -0.2) is 0 Å². The lowest BCUT2D eigenvalue weighted by Crippen LogP contribution is -2.14. The van der Waals surface area contributed by atoms with Crippen LogP contribution in [0, 0.1) is 19.8 Å². The number of hydrogen-bond donors (Lipinski definition) is 1. The fourth-order valence-electron chi connectivity index (χ4n) is 2.75. The van der Waals surface area contributed by atoms with E-state index in [-0.39, 0.29) is 6.10 Å². The Morgan fingerprint density at radius 1 is 1.12 bits per heavy atom. The van der Waals surface area contributed by atoms with Crippen molar-refractivity contribution in [1.29, 1.82) is 0 Å². The summed E-state index contributed by atoms with van der Waals surface area (Å²) in [6.45, 7) is 3.86. The molecule has 2 rings (SSSR count). The number of rotatable bonds is 2. The molecule has 17 heavy (non-hydrogen) atoms. The molecule has 1 aromatic rings. The van der Waals surface area contributed by atoms with Gasteiger partial charge in [-0.1, -0.05) is 25.7 Å². The van der Waals surface area contributed by atoms with Crippen LogP contribution in [0.25, 0.3) is 0 Å². The van der Waals surface area contributed by atoms with Crippen molar-refractivity contribution in [3.8, 4) is 0 Å². The van der Waals surface area contributed by atoms with Crippen LogP contribution in [0.5, 0.6) is 0 Å². The topological polar surface area (TPSA) is 46.0 Å². The fourth-order valence-corrected chi connectivity index (χ4v) is 2.75. The van der Waals surface area contributed by atoms with Crippen LogP contribution >= 0.6 is 0 Å². The molecule has 0 aromatic carbocycles. The van der Waals surface area contributed by atoms with Gasteiger partial charge in [0, 0.05) is 5.56 Å². The number of nitrogens with zero attached hydrogens (tertiary/aromatic N) is 2. The highest BCUT2D eigenvalue weighted by Gasteiger charge is 2.24. The van der Waals surface area contributed by atoms with Crippen LogP contribution in [-0.2, 0) is 0 Å². The molecule has 1 unspecified atom stereocenters. The first-order valence-corrected chi connectivity index (χ1v) is 6.67. The van der Waals surface area contributed by atoms with Crippen molar-refractivity contribution in [2.45, 2.75) is 58.5 Å². The van der Waals surface area contributed by atoms with E-state index in [1.165, 1.54) is 25.7 Å². The largest absolute Gasteiger partial charge is 0.388 e. The van der Waals surface area contributed by atoms with Crippen molar-refractivity contribution in [1.82, 2.24) is 10.2 Å². The van der Waals surface area contributed by atoms with Crippen molar-refractivity contribution in [3.05, 3.63) is 23.0 Å². The van der Waals surface area contributed by atoms with E-state index in [0.717, 1.165) is 29.8 Å². The highest BCUT2D eigenvalue weighted by atomic mass is 16.3. The molecule has 0 aliphatic heterocycles. The molecule has 1 aliphatic rings. The quantitative estimate of drug-likeness (QED) is 0.800. The summed E-state index contributed by atoms with van der Waals surface area (Å²) in [7, 11) is 0. The normalized spacial score (nSPS) is 19.9. The molecule has 0 amide bonds. The average Bonchev–Trinajstić information content (AvgIpc) is 2.60. The standard InChI is InChI=1S/C14H22N2O/c1-10-9-13(11(2)16-15-10)14(17)12-7-5-3-4-6-8-12/h9,12,14,17H,3-8H2,1-2H3. The number of aliphatic hydroxyl groups excluding tert-OH is 1. The maximum atomic E-state index is 10.5. The highest BCUT2D eigenvalue weighted by molar-refractivity contribution is 5.22. The van der Waals surface area contributed by atoms with Crippen LogP contribution in [0.2, 0.25) is 0 Å². The number of hydrogen-bond acceptors (Lipinski definition) is 3. The zero-order valence-corrected chi connectivity index (χ0v) is 10.8. The van der Waals surface area contributed by atoms with Gasteiger partial charge in [-0.2, -0.15) is 10.2 Å². The van der Waals surface area contributed by atoms with Crippen LogP contribution in [0.15, 0.2) is 6.07 Å². The summed E-state index contributed by atoms with van der Waals surface area (Å²) in [6.07, 6.45) is 7.05. The van der Waals surface area contributed by atoms with Gasteiger partial charge in [0.1, 0.15) is 0 Å². The lowest BCUT2D eigenvalue weighted by Gasteiger charge is -2.22. The maximum Gasteiger partial charge on any atom is 0.0837 e. The van der Waals surface area contributed by atoms with Gasteiger partial charge in [-0.05, 0) is 38.7 Å². The van der Waals surface area contributed by atoms with Gasteiger partial charge in [0.2, 0.25) is 0 Å². The second-order valence-corrected chi connectivity index (χ2v) is 5.22. The predicted octanol–water partition coefficient (Wildman–Crippen LogP) is 3.10. The Labute approximate surface area is 103 Å². The van der Waals surface area contributed by atoms with Gasteiger partial charge in [-0.15, -0.1) is 0 Å². The summed E-state index contributed by atoms with van der Waals surface area (Å²) in [5.41, 5.74) is 2.73. The van der Waals surface area contributed by atoms with Crippen LogP contribution in [0.1, 0.15) is 61.6 Å². The average molecular weight is 234 g/mol. The minimum Gasteiger partial charge on any atom is -0.388 e. The molecule has 1 atom stereocenters. The molecule has 0 bridgehead atoms. The Morgan fingerprint density at radius 2 is 1.76 bits per heavy atom. The second-order valence-electron chi connectivity index (χ2n) is 5.22. The van der Waals surface area contributed by atoms with Gasteiger partial charge in [0.15, 0.2) is 0 Å². The summed E-state index contributed by atoms with van der Waals surface area (Å²) in [4.78, 5) is 0. The van der Waals surface area contributed by atoms with E-state index in [2.05, 4.69) is 10.2 Å². The van der Waals surface area contributed by atoms with Crippen molar-refractivity contribution >= 4 is 0 Å². The first kappa shape index (κ1) is 12.5. The molecule has 3 heteroatoms. The summed E-state index contributed by atoms with van der Waals surface area (Å²) < 4.78 is 0. The van der Waals surface area contributed by atoms with Crippen LogP contribution in [0.4, 0.5) is 0 Å². The predicted molar refractivity (Wildman–Crippen MR) is 67.7 cm³/mol. The van der Waals surface area contributed by atoms with Crippen molar-refractivity contribution in [2.75, 3.05) is 0 Å². The molecular formula is C14H22N2O. The molecule has 94 valence electrons. The monoisotopic (exact) mass is 234 g/mol. The van der Waals surface area contributed by atoms with Gasteiger partial charge >= 0.3 is 0 Å². The lowest BCUT2D eigenvalue weighted by molar-refractivity contribution is 0.0975. The van der Waals surface area contributed by atoms with Crippen LogP contribution in [-0.4, -0.2) is 15.3 Å². The smallest absolute Gasteiger partial charge is 0.0837 e. The molecule has 0 radical (unpaired) electrons. The maximum absolute atomic E-state index is 10.5. The highest BCUT2D eigenvalue weighted by Crippen LogP contribution is 2.34. The molecule has 1 saturated carbocycles. The molecule has 0 saturated heterocycles. The summed E-state index contributed by atoms with van der Waals surface area (Å²) in [5.74, 6) is 0.403. The molecule has 3 nitrogen and oxygen atoms in total. The van der Waals surface area contributed by atoms with Gasteiger partial charge < -0.3 is 5.11 Å². The Morgan fingerprint density at radius 3 is 2.41 bits per heavy atom. The van der Waals surface area contributed by atoms with Crippen molar-refractivity contribution in [2.24, 2.45) is 5.92 Å². The minimum absolute atomic E-state index is 0.359. The fraction of sp³-hybridized carbons (Fsp3) is 0.714. The summed E-state index contributed by atoms with van der Waals surface area (Å²) >= 11 is 0. The number of aryl methyl sites for hydroxylation is 2. The minimum atomic E-state index is -0.359. The Balaban J connectivity index is 2.16. The first-order chi connectivity index (χ1) is 8.18. The zero-order chi connectivity index (χ0) is 12.3. The molecule has 1 aromatic heterocycles. The molecule has 1 N–H and O–H groups in total. The van der Waals surface area contributed by atoms with Crippen LogP contribution in [0.3, 0.4) is 0 Å². The SMILES string of the molecule is Cc1cc(C(O)C2CCCCCC2)c(C)nn1. The third-order valence-electron chi connectivity index (χ3n) is 3.80. The van der Waals surface area contributed by atoms with E-state index in [1.54, 1.807) is 0 Å². The van der Waals surface area contributed by atoms with E-state index in [4.69, 9.17) is 0 Å². The Bertz CT molecular complexity index is 370. The van der Waals surface area contributed by atoms with E-state index in [1.807, 2.05) is 19.9 Å². The first-order valence-electron chi connectivity index (χ1n) is 6.67. The van der Waals surface area contributed by atoms with E-state index < -0.39 is 0 Å². The van der Waals surface area contributed by atoms with Crippen molar-refractivity contribution < 1.29 is 5.11 Å². The molecular weight excluding hydrogens is 212 g/mol. The Kier molecular flexibility index (Phi) is 4.11. The van der Waals surface area contributed by atoms with Gasteiger partial charge in [0.25, 0.3) is 0 Å². The molecule has 1 heterocycles. The van der Waals surface area contributed by atoms with Crippen molar-refractivity contribution in [3.63, 3.8) is 0 Å². The lowest BCUT2D eigenvalue weighted by atomic mass is 9.89. The van der Waals surface area contributed by atoms with Gasteiger partial charge in [0.05, 0.1) is 17.5 Å². The molecule has 1 aliphatic carbocycles. The number of aliphatic hydroxyl groups is 1. The molecule has 1 fully saturated rings. The van der Waals surface area contributed by atoms with E-state index in [9.17, 15) is 5.11 Å². The van der Waals surface area contributed by atoms with E-state index in [0.29, 0.717) is 5.92 Å². The summed E-state index contributed by atoms with van der Waals surface area (Å²) in [5, 5.41) is 18.6. The molecule has 0 spiro atoms. The zero-order valence-electron chi connectivity index (χ0n) is 10.8. The Hall–Kier alpha value is -0.960. The van der Waals surface area contributed by atoms with E-state index >= 15 is 0 Å². The number of aromatic nitrogens is 2. The summed E-state index contributed by atoms with van der Waals surface area (Å²) in [6, 6.07) is 1.98. The third-order valence-corrected chi connectivity index (χ3v) is 3.80. The van der Waals surface area contributed by atoms with Gasteiger partial charge in [-0.3, -0.25) is 0 Å². The van der Waals surface area contributed by atoms with Crippen LogP contribution < -0.4 is 0 Å². The third kappa shape index (κ3) is 3.03.